The van der Waals surface area contributed by atoms with Crippen LogP contribution in [0.1, 0.15) is 46.1 Å². The first-order chi connectivity index (χ1) is 9.63. The number of nitrogens with zero attached hydrogens (tertiary/aromatic N) is 2. The van der Waals surface area contributed by atoms with E-state index in [1.807, 2.05) is 32.0 Å². The number of carbonyl (C=O) groups is 1. The summed E-state index contributed by atoms with van der Waals surface area (Å²) >= 11 is 0. The summed E-state index contributed by atoms with van der Waals surface area (Å²) in [4.78, 5) is 20.6. The van der Waals surface area contributed by atoms with E-state index in [1.165, 1.54) is 5.56 Å². The Bertz CT molecular complexity index is 645. The van der Waals surface area contributed by atoms with Gasteiger partial charge in [-0.1, -0.05) is 6.07 Å². The van der Waals surface area contributed by atoms with Crippen molar-refractivity contribution in [3.05, 3.63) is 53.1 Å². The van der Waals surface area contributed by atoms with Gasteiger partial charge in [0.25, 0.3) is 5.91 Å². The minimum absolute atomic E-state index is 0.171. The van der Waals surface area contributed by atoms with Gasteiger partial charge in [-0.2, -0.15) is 0 Å². The molecule has 0 bridgehead atoms. The molecule has 1 aliphatic rings. The Balaban J connectivity index is 1.73. The normalized spacial score (nSPS) is 14.1. The Hall–Kier alpha value is -2.23. The predicted molar refractivity (Wildman–Crippen MR) is 77.9 cm³/mol. The Kier molecular flexibility index (Phi) is 3.22. The SMILES string of the molecule is Cc1ccc(NC(=O)c2cnc(C3CC3)nc2)cc1C. The van der Waals surface area contributed by atoms with Gasteiger partial charge in [-0.15, -0.1) is 0 Å². The second-order valence-corrected chi connectivity index (χ2v) is 5.36. The Labute approximate surface area is 118 Å². The van der Waals surface area contributed by atoms with Gasteiger partial charge in [0.05, 0.1) is 5.56 Å². The van der Waals surface area contributed by atoms with Crippen LogP contribution in [0.25, 0.3) is 0 Å². The molecule has 1 heterocycles. The summed E-state index contributed by atoms with van der Waals surface area (Å²) in [5.74, 6) is 1.19. The Morgan fingerprint density at radius 3 is 2.45 bits per heavy atom. The van der Waals surface area contributed by atoms with Crippen LogP contribution in [-0.2, 0) is 0 Å². The van der Waals surface area contributed by atoms with Gasteiger partial charge < -0.3 is 5.32 Å². The van der Waals surface area contributed by atoms with E-state index in [0.29, 0.717) is 11.5 Å². The summed E-state index contributed by atoms with van der Waals surface area (Å²) in [6.45, 7) is 4.07. The number of aryl methyl sites for hydroxylation is 2. The molecule has 0 unspecified atom stereocenters. The smallest absolute Gasteiger partial charge is 0.258 e. The number of anilines is 1. The Morgan fingerprint density at radius 2 is 1.85 bits per heavy atom. The average molecular weight is 267 g/mol. The summed E-state index contributed by atoms with van der Waals surface area (Å²) in [5.41, 5.74) is 3.65. The van der Waals surface area contributed by atoms with Crippen molar-refractivity contribution in [3.63, 3.8) is 0 Å². The third kappa shape index (κ3) is 2.69. The maximum Gasteiger partial charge on any atom is 0.258 e. The third-order valence-corrected chi connectivity index (χ3v) is 3.64. The standard InChI is InChI=1S/C16H17N3O/c1-10-3-6-14(7-11(10)2)19-16(20)13-8-17-15(18-9-13)12-4-5-12/h3,6-9,12H,4-5H2,1-2H3,(H,19,20). The summed E-state index contributed by atoms with van der Waals surface area (Å²) in [7, 11) is 0. The van der Waals surface area contributed by atoms with E-state index in [-0.39, 0.29) is 5.91 Å². The van der Waals surface area contributed by atoms with E-state index in [2.05, 4.69) is 15.3 Å². The van der Waals surface area contributed by atoms with Crippen molar-refractivity contribution in [2.45, 2.75) is 32.6 Å². The lowest BCUT2D eigenvalue weighted by molar-refractivity contribution is 0.102. The van der Waals surface area contributed by atoms with Gasteiger partial charge in [0.2, 0.25) is 0 Å². The minimum atomic E-state index is -0.171. The van der Waals surface area contributed by atoms with Crippen molar-refractivity contribution in [1.82, 2.24) is 9.97 Å². The van der Waals surface area contributed by atoms with Gasteiger partial charge in [0, 0.05) is 24.0 Å². The maximum absolute atomic E-state index is 12.1. The number of hydrogen-bond acceptors (Lipinski definition) is 3. The highest BCUT2D eigenvalue weighted by Crippen LogP contribution is 2.37. The third-order valence-electron chi connectivity index (χ3n) is 3.64. The summed E-state index contributed by atoms with van der Waals surface area (Å²) in [6, 6.07) is 5.87. The van der Waals surface area contributed by atoms with Gasteiger partial charge >= 0.3 is 0 Å². The molecule has 1 N–H and O–H groups in total. The number of carbonyl (C=O) groups excluding carboxylic acids is 1. The number of rotatable bonds is 3. The zero-order valence-corrected chi connectivity index (χ0v) is 11.7. The van der Waals surface area contributed by atoms with E-state index < -0.39 is 0 Å². The van der Waals surface area contributed by atoms with Crippen LogP contribution >= 0.6 is 0 Å². The summed E-state index contributed by atoms with van der Waals surface area (Å²) in [5, 5.41) is 2.87. The quantitative estimate of drug-likeness (QED) is 0.929. The molecule has 0 spiro atoms. The van der Waals surface area contributed by atoms with Crippen LogP contribution in [0.2, 0.25) is 0 Å². The highest BCUT2D eigenvalue weighted by molar-refractivity contribution is 6.03. The second-order valence-electron chi connectivity index (χ2n) is 5.36. The molecule has 0 radical (unpaired) electrons. The van der Waals surface area contributed by atoms with E-state index >= 15 is 0 Å². The monoisotopic (exact) mass is 267 g/mol. The van der Waals surface area contributed by atoms with Crippen molar-refractivity contribution in [2.24, 2.45) is 0 Å². The fraction of sp³-hybridized carbons (Fsp3) is 0.312. The lowest BCUT2D eigenvalue weighted by Crippen LogP contribution is -2.13. The largest absolute Gasteiger partial charge is 0.322 e. The summed E-state index contributed by atoms with van der Waals surface area (Å²) < 4.78 is 0. The topological polar surface area (TPSA) is 54.9 Å². The molecular formula is C16H17N3O. The van der Waals surface area contributed by atoms with Crippen LogP contribution in [-0.4, -0.2) is 15.9 Å². The van der Waals surface area contributed by atoms with Gasteiger partial charge in [-0.05, 0) is 49.9 Å². The molecule has 0 atom stereocenters. The van der Waals surface area contributed by atoms with Crippen molar-refractivity contribution >= 4 is 11.6 Å². The molecule has 1 aliphatic carbocycles. The molecule has 20 heavy (non-hydrogen) atoms. The molecule has 3 rings (SSSR count). The van der Waals surface area contributed by atoms with Gasteiger partial charge in [0.15, 0.2) is 0 Å². The van der Waals surface area contributed by atoms with Crippen LogP contribution in [0.5, 0.6) is 0 Å². The average Bonchev–Trinajstić information content (AvgIpc) is 3.28. The molecule has 0 saturated heterocycles. The van der Waals surface area contributed by atoms with Crippen LogP contribution in [0, 0.1) is 13.8 Å². The second kappa shape index (κ2) is 5.04. The van der Waals surface area contributed by atoms with Gasteiger partial charge in [0.1, 0.15) is 5.82 Å². The molecule has 1 amide bonds. The fourth-order valence-corrected chi connectivity index (χ4v) is 2.03. The maximum atomic E-state index is 12.1. The van der Waals surface area contributed by atoms with E-state index in [9.17, 15) is 4.79 Å². The molecule has 102 valence electrons. The minimum Gasteiger partial charge on any atom is -0.322 e. The van der Waals surface area contributed by atoms with E-state index in [4.69, 9.17) is 0 Å². The van der Waals surface area contributed by atoms with Crippen LogP contribution in [0.3, 0.4) is 0 Å². The zero-order chi connectivity index (χ0) is 14.1. The highest BCUT2D eigenvalue weighted by Gasteiger charge is 2.26. The van der Waals surface area contributed by atoms with Crippen LogP contribution in [0.4, 0.5) is 5.69 Å². The van der Waals surface area contributed by atoms with Crippen LogP contribution < -0.4 is 5.32 Å². The number of nitrogens with one attached hydrogen (secondary N) is 1. The number of benzene rings is 1. The molecule has 0 aliphatic heterocycles. The highest BCUT2D eigenvalue weighted by atomic mass is 16.1. The first-order valence-corrected chi connectivity index (χ1v) is 6.84. The molecule has 1 aromatic carbocycles. The molecule has 1 aromatic heterocycles. The van der Waals surface area contributed by atoms with Gasteiger partial charge in [-0.3, -0.25) is 4.79 Å². The first-order valence-electron chi connectivity index (χ1n) is 6.84. The molecule has 1 saturated carbocycles. The zero-order valence-electron chi connectivity index (χ0n) is 11.7. The van der Waals surface area contributed by atoms with Gasteiger partial charge in [-0.25, -0.2) is 9.97 Å². The predicted octanol–water partition coefficient (Wildman–Crippen LogP) is 3.22. The Morgan fingerprint density at radius 1 is 1.15 bits per heavy atom. The van der Waals surface area contributed by atoms with E-state index in [1.54, 1.807) is 12.4 Å². The van der Waals surface area contributed by atoms with E-state index in [0.717, 1.165) is 29.9 Å². The fourth-order valence-electron chi connectivity index (χ4n) is 2.03. The molecular weight excluding hydrogens is 250 g/mol. The van der Waals surface area contributed by atoms with Crippen molar-refractivity contribution in [3.8, 4) is 0 Å². The van der Waals surface area contributed by atoms with Crippen LogP contribution in [0.15, 0.2) is 30.6 Å². The molecule has 1 fully saturated rings. The molecule has 2 aromatic rings. The number of amides is 1. The molecule has 4 heteroatoms. The lowest BCUT2D eigenvalue weighted by Gasteiger charge is -2.07. The molecule has 4 nitrogen and oxygen atoms in total. The van der Waals surface area contributed by atoms with Crippen molar-refractivity contribution in [1.29, 1.82) is 0 Å². The summed E-state index contributed by atoms with van der Waals surface area (Å²) in [6.07, 6.45) is 5.54. The van der Waals surface area contributed by atoms with Crippen molar-refractivity contribution < 1.29 is 4.79 Å². The first kappa shape index (κ1) is 12.8. The number of aromatic nitrogens is 2. The lowest BCUT2D eigenvalue weighted by atomic mass is 10.1. The number of hydrogen-bond donors (Lipinski definition) is 1. The van der Waals surface area contributed by atoms with Crippen molar-refractivity contribution in [2.75, 3.05) is 5.32 Å².